The predicted octanol–water partition coefficient (Wildman–Crippen LogP) is 2.16. The number of rotatable bonds is 6. The maximum absolute atomic E-state index is 12.9. The molecule has 0 N–H and O–H groups in total. The summed E-state index contributed by atoms with van der Waals surface area (Å²) in [6.45, 7) is 7.58. The first kappa shape index (κ1) is 16.7. The van der Waals surface area contributed by atoms with Gasteiger partial charge in [-0.2, -0.15) is 0 Å². The Bertz CT molecular complexity index is 706. The largest absolute Gasteiger partial charge is 0.401 e. The molecule has 130 valence electrons. The quantitative estimate of drug-likeness (QED) is 0.750. The van der Waals surface area contributed by atoms with Crippen molar-refractivity contribution < 1.29 is 14.2 Å². The highest BCUT2D eigenvalue weighted by Crippen LogP contribution is 2.29. The number of amides is 3. The highest BCUT2D eigenvalue weighted by molar-refractivity contribution is 6.19. The number of urea groups is 1. The second-order valence-corrected chi connectivity index (χ2v) is 6.54. The van der Waals surface area contributed by atoms with Gasteiger partial charge in [0.1, 0.15) is 11.9 Å². The van der Waals surface area contributed by atoms with Gasteiger partial charge in [0.15, 0.2) is 0 Å². The number of carbonyl (C=O) groups excluding carboxylic acids is 2. The molecule has 24 heavy (non-hydrogen) atoms. The molecule has 3 rings (SSSR count). The molecule has 1 saturated heterocycles. The fourth-order valence-electron chi connectivity index (χ4n) is 3.35. The molecule has 3 amide bonds. The van der Waals surface area contributed by atoms with E-state index in [-0.39, 0.29) is 11.9 Å². The van der Waals surface area contributed by atoms with Crippen molar-refractivity contribution in [1.82, 2.24) is 14.4 Å². The molecule has 0 bridgehead atoms. The normalized spacial score (nSPS) is 19.7. The number of fused-ring (bicyclic) bond motifs is 3. The summed E-state index contributed by atoms with van der Waals surface area (Å²) >= 11 is 0. The molecule has 2 aliphatic heterocycles. The van der Waals surface area contributed by atoms with Crippen LogP contribution in [0.15, 0.2) is 11.2 Å². The van der Waals surface area contributed by atoms with Gasteiger partial charge in [-0.3, -0.25) is 14.6 Å². The summed E-state index contributed by atoms with van der Waals surface area (Å²) in [5.74, 6) is 1.14. The zero-order valence-electron chi connectivity index (χ0n) is 14.9. The number of aromatic nitrogens is 2. The number of amidine groups is 1. The Kier molecular flexibility index (Phi) is 4.43. The number of aliphatic imine (C=N–C) groups is 1. The van der Waals surface area contributed by atoms with Crippen LogP contribution in [0.25, 0.3) is 0 Å². The van der Waals surface area contributed by atoms with Crippen LogP contribution in [0.5, 0.6) is 0 Å². The number of hydrogen-bond acceptors (Lipinski definition) is 3. The maximum Gasteiger partial charge on any atom is 0.401 e. The zero-order chi connectivity index (χ0) is 17.4. The van der Waals surface area contributed by atoms with Crippen LogP contribution in [0.2, 0.25) is 0 Å². The summed E-state index contributed by atoms with van der Waals surface area (Å²) in [5, 5.41) is 0. The number of unbranched alkanes of at least 4 members (excludes halogenated alkanes) is 2. The van der Waals surface area contributed by atoms with E-state index >= 15 is 0 Å². The van der Waals surface area contributed by atoms with Gasteiger partial charge in [0, 0.05) is 13.6 Å². The van der Waals surface area contributed by atoms with E-state index in [4.69, 9.17) is 0 Å². The second kappa shape index (κ2) is 6.37. The molecule has 0 saturated carbocycles. The topological polar surface area (TPSA) is 61.8 Å². The fraction of sp³-hybridized carbons (Fsp3) is 0.647. The van der Waals surface area contributed by atoms with E-state index in [1.807, 2.05) is 17.7 Å². The van der Waals surface area contributed by atoms with Crippen LogP contribution >= 0.6 is 0 Å². The number of nitrogens with zero attached hydrogens (tertiary/aromatic N) is 5. The average molecular weight is 332 g/mol. The van der Waals surface area contributed by atoms with Gasteiger partial charge in [0.25, 0.3) is 5.91 Å². The van der Waals surface area contributed by atoms with Gasteiger partial charge in [0.05, 0.1) is 6.54 Å². The van der Waals surface area contributed by atoms with Gasteiger partial charge in [-0.25, -0.2) is 13.9 Å². The number of aryl methyl sites for hydroxylation is 1. The van der Waals surface area contributed by atoms with Gasteiger partial charge in [-0.05, 0) is 19.8 Å². The van der Waals surface area contributed by atoms with Crippen molar-refractivity contribution in [1.29, 1.82) is 0 Å². The fourth-order valence-corrected chi connectivity index (χ4v) is 3.35. The molecule has 1 fully saturated rings. The number of imide groups is 1. The summed E-state index contributed by atoms with van der Waals surface area (Å²) in [6, 6.07) is -0.785. The lowest BCUT2D eigenvalue weighted by Crippen LogP contribution is -2.62. The molecule has 1 aromatic heterocycles. The second-order valence-electron chi connectivity index (χ2n) is 6.54. The Morgan fingerprint density at radius 2 is 1.83 bits per heavy atom. The van der Waals surface area contributed by atoms with Crippen molar-refractivity contribution in [2.75, 3.05) is 13.6 Å². The van der Waals surface area contributed by atoms with Gasteiger partial charge in [-0.1, -0.05) is 31.7 Å². The first-order valence-electron chi connectivity index (χ1n) is 8.80. The SMILES string of the molecule is CCCCN1C(=O)C2C(=Nc3n(CCCC)c(C)c[n+]32)N(C)C1=O. The van der Waals surface area contributed by atoms with E-state index in [1.165, 1.54) is 9.80 Å². The van der Waals surface area contributed by atoms with Crippen molar-refractivity contribution in [3.8, 4) is 0 Å². The average Bonchev–Trinajstić information content (AvgIpc) is 3.06. The number of hydrogen-bond donors (Lipinski definition) is 0. The molecule has 0 spiro atoms. The van der Waals surface area contributed by atoms with Gasteiger partial charge in [-0.15, -0.1) is 0 Å². The Balaban J connectivity index is 1.99. The lowest BCUT2D eigenvalue weighted by molar-refractivity contribution is -0.677. The number of carbonyl (C=O) groups is 2. The van der Waals surface area contributed by atoms with Crippen molar-refractivity contribution in [2.45, 2.75) is 59.0 Å². The van der Waals surface area contributed by atoms with Crippen LogP contribution < -0.4 is 4.57 Å². The summed E-state index contributed by atoms with van der Waals surface area (Å²) in [5.41, 5.74) is 1.09. The van der Waals surface area contributed by atoms with Gasteiger partial charge < -0.3 is 0 Å². The molecular formula is C17H26N5O2+. The Morgan fingerprint density at radius 3 is 2.50 bits per heavy atom. The Morgan fingerprint density at radius 1 is 1.17 bits per heavy atom. The summed E-state index contributed by atoms with van der Waals surface area (Å²) < 4.78 is 4.06. The van der Waals surface area contributed by atoms with Crippen LogP contribution in [-0.2, 0) is 11.3 Å². The first-order valence-corrected chi connectivity index (χ1v) is 8.80. The van der Waals surface area contributed by atoms with Crippen molar-refractivity contribution in [2.24, 2.45) is 4.99 Å². The van der Waals surface area contributed by atoms with Gasteiger partial charge in [0.2, 0.25) is 11.9 Å². The molecule has 0 aliphatic carbocycles. The molecule has 0 aromatic carbocycles. The van der Waals surface area contributed by atoms with Crippen molar-refractivity contribution in [3.05, 3.63) is 11.9 Å². The van der Waals surface area contributed by atoms with Crippen LogP contribution in [0.3, 0.4) is 0 Å². The standard InChI is InChI=1S/C17H26N5O2/c1-5-7-9-20-12(3)11-22-13-14(18-16(20)22)19(4)17(24)21(15(13)23)10-8-6-2/h11,13H,5-10H2,1-4H3/q+1. The third kappa shape index (κ3) is 2.42. The molecule has 3 heterocycles. The van der Waals surface area contributed by atoms with Crippen LogP contribution in [-0.4, -0.2) is 45.7 Å². The third-order valence-electron chi connectivity index (χ3n) is 4.79. The highest BCUT2D eigenvalue weighted by Gasteiger charge is 2.52. The Hall–Kier alpha value is -2.18. The molecule has 7 nitrogen and oxygen atoms in total. The zero-order valence-corrected chi connectivity index (χ0v) is 14.9. The maximum atomic E-state index is 12.9. The minimum absolute atomic E-state index is 0.165. The molecule has 7 heteroatoms. The van der Waals surface area contributed by atoms with Crippen LogP contribution in [0.4, 0.5) is 10.7 Å². The van der Waals surface area contributed by atoms with E-state index in [0.29, 0.717) is 12.4 Å². The summed E-state index contributed by atoms with van der Waals surface area (Å²) in [6.07, 6.45) is 5.89. The van der Waals surface area contributed by atoms with Gasteiger partial charge >= 0.3 is 12.0 Å². The van der Waals surface area contributed by atoms with Crippen LogP contribution in [0.1, 0.15) is 51.3 Å². The van der Waals surface area contributed by atoms with Crippen molar-refractivity contribution in [3.63, 3.8) is 0 Å². The van der Waals surface area contributed by atoms with E-state index in [0.717, 1.165) is 43.9 Å². The molecular weight excluding hydrogens is 306 g/mol. The lowest BCUT2D eigenvalue weighted by atomic mass is 10.1. The van der Waals surface area contributed by atoms with E-state index in [2.05, 4.69) is 23.4 Å². The van der Waals surface area contributed by atoms with E-state index < -0.39 is 6.04 Å². The molecule has 1 atom stereocenters. The molecule has 0 radical (unpaired) electrons. The number of likely N-dealkylation sites (N-methyl/N-ethyl adjacent to an activating group) is 1. The lowest BCUT2D eigenvalue weighted by Gasteiger charge is -2.33. The molecule has 2 aliphatic rings. The smallest absolute Gasteiger partial charge is 0.270 e. The Labute approximate surface area is 142 Å². The first-order chi connectivity index (χ1) is 11.5. The van der Waals surface area contributed by atoms with E-state index in [1.54, 1.807) is 7.05 Å². The summed E-state index contributed by atoms with van der Waals surface area (Å²) in [4.78, 5) is 33.0. The van der Waals surface area contributed by atoms with Crippen LogP contribution in [0, 0.1) is 6.92 Å². The van der Waals surface area contributed by atoms with Crippen molar-refractivity contribution >= 4 is 23.7 Å². The number of imidazole rings is 1. The predicted molar refractivity (Wildman–Crippen MR) is 90.2 cm³/mol. The summed E-state index contributed by atoms with van der Waals surface area (Å²) in [7, 11) is 1.70. The molecule has 1 unspecified atom stereocenters. The third-order valence-corrected chi connectivity index (χ3v) is 4.79. The van der Waals surface area contributed by atoms with E-state index in [9.17, 15) is 9.59 Å². The minimum Gasteiger partial charge on any atom is -0.270 e. The highest BCUT2D eigenvalue weighted by atomic mass is 16.2. The minimum atomic E-state index is -0.513. The monoisotopic (exact) mass is 332 g/mol. The molecule has 1 aromatic rings.